The minimum atomic E-state index is -0.231. The monoisotopic (exact) mass is 353 g/mol. The fourth-order valence-corrected chi connectivity index (χ4v) is 3.18. The summed E-state index contributed by atoms with van der Waals surface area (Å²) in [6, 6.07) is 9.50. The highest BCUT2D eigenvalue weighted by Gasteiger charge is 2.21. The molecule has 1 aliphatic rings. The van der Waals surface area contributed by atoms with Crippen molar-refractivity contribution >= 4 is 21.8 Å². The lowest BCUT2D eigenvalue weighted by molar-refractivity contribution is -0.119. The Kier molecular flexibility index (Phi) is 6.21. The number of nitrogens with zero attached hydrogens (tertiary/aromatic N) is 1. The number of nitrogens with two attached hydrogens (primary N) is 1. The number of piperidine rings is 1. The van der Waals surface area contributed by atoms with Crippen LogP contribution in [0.15, 0.2) is 28.7 Å². The molecule has 1 saturated heterocycles. The Labute approximate surface area is 135 Å². The van der Waals surface area contributed by atoms with E-state index in [2.05, 4.69) is 57.3 Å². The molecule has 1 aromatic rings. The van der Waals surface area contributed by atoms with Gasteiger partial charge < -0.3 is 11.1 Å². The van der Waals surface area contributed by atoms with E-state index in [-0.39, 0.29) is 5.91 Å². The second-order valence-electron chi connectivity index (χ2n) is 5.92. The summed E-state index contributed by atoms with van der Waals surface area (Å²) in [4.78, 5) is 13.1. The average molecular weight is 354 g/mol. The maximum atomic E-state index is 10.9. The van der Waals surface area contributed by atoms with Crippen molar-refractivity contribution < 1.29 is 4.79 Å². The quantitative estimate of drug-likeness (QED) is 0.821. The number of nitrogens with one attached hydrogen (secondary N) is 1. The molecule has 1 amide bonds. The Hall–Kier alpha value is -0.910. The molecule has 0 bridgehead atoms. The summed E-state index contributed by atoms with van der Waals surface area (Å²) in [5.41, 5.74) is 6.59. The minimum Gasteiger partial charge on any atom is -0.369 e. The highest BCUT2D eigenvalue weighted by atomic mass is 79.9. The number of carbonyl (C=O) groups is 1. The van der Waals surface area contributed by atoms with E-state index in [0.29, 0.717) is 18.6 Å². The van der Waals surface area contributed by atoms with E-state index in [1.165, 1.54) is 5.56 Å². The van der Waals surface area contributed by atoms with Crippen molar-refractivity contribution in [1.29, 1.82) is 0 Å². The molecule has 1 aliphatic heterocycles. The van der Waals surface area contributed by atoms with E-state index in [4.69, 9.17) is 5.73 Å². The molecule has 3 N–H and O–H groups in total. The number of rotatable bonds is 6. The summed E-state index contributed by atoms with van der Waals surface area (Å²) in [6.45, 7) is 4.52. The molecular formula is C16H24BrN3O. The number of primary amides is 1. The molecule has 2 rings (SSSR count). The van der Waals surface area contributed by atoms with Gasteiger partial charge in [0.05, 0.1) is 6.54 Å². The van der Waals surface area contributed by atoms with Gasteiger partial charge in [-0.2, -0.15) is 0 Å². The van der Waals surface area contributed by atoms with Crippen molar-refractivity contribution in [2.24, 2.45) is 5.73 Å². The summed E-state index contributed by atoms with van der Waals surface area (Å²) in [7, 11) is 0. The van der Waals surface area contributed by atoms with Crippen molar-refractivity contribution in [3.05, 3.63) is 34.3 Å². The molecule has 1 fully saturated rings. The highest BCUT2D eigenvalue weighted by molar-refractivity contribution is 9.10. The van der Waals surface area contributed by atoms with Crippen molar-refractivity contribution in [3.8, 4) is 0 Å². The summed E-state index contributed by atoms with van der Waals surface area (Å²) < 4.78 is 1.12. The van der Waals surface area contributed by atoms with Crippen LogP contribution in [0.2, 0.25) is 0 Å². The van der Waals surface area contributed by atoms with Gasteiger partial charge in [0.2, 0.25) is 5.91 Å². The van der Waals surface area contributed by atoms with Crippen LogP contribution >= 0.6 is 15.9 Å². The van der Waals surface area contributed by atoms with E-state index < -0.39 is 0 Å². The average Bonchev–Trinajstić information content (AvgIpc) is 2.43. The maximum absolute atomic E-state index is 10.9. The Morgan fingerprint density at radius 3 is 2.57 bits per heavy atom. The first-order chi connectivity index (χ1) is 10.0. The number of amides is 1. The van der Waals surface area contributed by atoms with Crippen LogP contribution in [0, 0.1) is 0 Å². The lowest BCUT2D eigenvalue weighted by atomic mass is 10.0. The van der Waals surface area contributed by atoms with Gasteiger partial charge in [0.15, 0.2) is 0 Å². The van der Waals surface area contributed by atoms with E-state index >= 15 is 0 Å². The molecular weight excluding hydrogens is 330 g/mol. The largest absolute Gasteiger partial charge is 0.369 e. The van der Waals surface area contributed by atoms with Gasteiger partial charge in [-0.3, -0.25) is 9.69 Å². The third-order valence-corrected chi connectivity index (χ3v) is 4.47. The zero-order valence-electron chi connectivity index (χ0n) is 12.5. The lowest BCUT2D eigenvalue weighted by Crippen LogP contribution is -2.47. The summed E-state index contributed by atoms with van der Waals surface area (Å²) in [6.07, 6.45) is 3.20. The molecule has 4 nitrogen and oxygen atoms in total. The Bertz CT molecular complexity index is 455. The van der Waals surface area contributed by atoms with Crippen molar-refractivity contribution in [3.63, 3.8) is 0 Å². The number of halogens is 1. The van der Waals surface area contributed by atoms with Crippen LogP contribution in [-0.4, -0.2) is 42.5 Å². The maximum Gasteiger partial charge on any atom is 0.231 e. The number of likely N-dealkylation sites (tertiary alicyclic amines) is 1. The van der Waals surface area contributed by atoms with Crippen LogP contribution in [0.5, 0.6) is 0 Å². The topological polar surface area (TPSA) is 58.4 Å². The summed E-state index contributed by atoms with van der Waals surface area (Å²) in [5, 5.41) is 3.70. The first kappa shape index (κ1) is 16.5. The second-order valence-corrected chi connectivity index (χ2v) is 6.83. The predicted molar refractivity (Wildman–Crippen MR) is 89.1 cm³/mol. The molecule has 1 atom stereocenters. The van der Waals surface area contributed by atoms with E-state index in [9.17, 15) is 4.79 Å². The standard InChI is InChI=1S/C16H24BrN3O/c1-12(10-13-2-4-14(17)5-3-13)19-15-6-8-20(9-7-15)11-16(18)21/h2-5,12,15,19H,6-11H2,1H3,(H2,18,21). The predicted octanol–water partition coefficient (Wildman–Crippen LogP) is 1.92. The van der Waals surface area contributed by atoms with Gasteiger partial charge in [-0.25, -0.2) is 0 Å². The van der Waals surface area contributed by atoms with Gasteiger partial charge in [0.25, 0.3) is 0 Å². The fraction of sp³-hybridized carbons (Fsp3) is 0.562. The molecule has 116 valence electrons. The first-order valence-electron chi connectivity index (χ1n) is 7.54. The second kappa shape index (κ2) is 7.92. The molecule has 0 spiro atoms. The summed E-state index contributed by atoms with van der Waals surface area (Å²) in [5.74, 6) is -0.231. The Morgan fingerprint density at radius 1 is 1.38 bits per heavy atom. The van der Waals surface area contributed by atoms with Crippen LogP contribution in [0.3, 0.4) is 0 Å². The van der Waals surface area contributed by atoms with Gasteiger partial charge in [0, 0.05) is 29.6 Å². The molecule has 21 heavy (non-hydrogen) atoms. The van der Waals surface area contributed by atoms with Crippen LogP contribution < -0.4 is 11.1 Å². The zero-order valence-corrected chi connectivity index (χ0v) is 14.1. The van der Waals surface area contributed by atoms with Crippen molar-refractivity contribution in [2.45, 2.75) is 38.3 Å². The first-order valence-corrected chi connectivity index (χ1v) is 8.33. The van der Waals surface area contributed by atoms with E-state index in [1.807, 2.05) is 0 Å². The van der Waals surface area contributed by atoms with Crippen LogP contribution in [-0.2, 0) is 11.2 Å². The van der Waals surface area contributed by atoms with Crippen LogP contribution in [0.4, 0.5) is 0 Å². The fourth-order valence-electron chi connectivity index (χ4n) is 2.91. The van der Waals surface area contributed by atoms with Gasteiger partial charge in [-0.05, 0) is 43.9 Å². The van der Waals surface area contributed by atoms with Crippen molar-refractivity contribution in [2.75, 3.05) is 19.6 Å². The molecule has 0 radical (unpaired) electrons. The molecule has 0 aromatic heterocycles. The van der Waals surface area contributed by atoms with Crippen LogP contribution in [0.25, 0.3) is 0 Å². The summed E-state index contributed by atoms with van der Waals surface area (Å²) >= 11 is 3.46. The minimum absolute atomic E-state index is 0.231. The van der Waals surface area contributed by atoms with Gasteiger partial charge in [-0.15, -0.1) is 0 Å². The number of carbonyl (C=O) groups excluding carboxylic acids is 1. The molecule has 0 saturated carbocycles. The third-order valence-electron chi connectivity index (χ3n) is 3.94. The Balaban J connectivity index is 1.72. The third kappa shape index (κ3) is 5.77. The number of hydrogen-bond donors (Lipinski definition) is 2. The van der Waals surface area contributed by atoms with E-state index in [1.54, 1.807) is 0 Å². The smallest absolute Gasteiger partial charge is 0.231 e. The number of benzene rings is 1. The molecule has 1 aromatic carbocycles. The SMILES string of the molecule is CC(Cc1ccc(Br)cc1)NC1CCN(CC(N)=O)CC1. The Morgan fingerprint density at radius 2 is 2.00 bits per heavy atom. The highest BCUT2D eigenvalue weighted by Crippen LogP contribution is 2.14. The lowest BCUT2D eigenvalue weighted by Gasteiger charge is -2.33. The molecule has 5 heteroatoms. The van der Waals surface area contributed by atoms with Gasteiger partial charge >= 0.3 is 0 Å². The molecule has 1 heterocycles. The molecule has 0 aliphatic carbocycles. The zero-order chi connectivity index (χ0) is 15.2. The van der Waals surface area contributed by atoms with Gasteiger partial charge in [0.1, 0.15) is 0 Å². The van der Waals surface area contributed by atoms with Gasteiger partial charge in [-0.1, -0.05) is 28.1 Å². The van der Waals surface area contributed by atoms with Crippen LogP contribution in [0.1, 0.15) is 25.3 Å². The van der Waals surface area contributed by atoms with Crippen molar-refractivity contribution in [1.82, 2.24) is 10.2 Å². The van der Waals surface area contributed by atoms with E-state index in [0.717, 1.165) is 36.8 Å². The molecule has 1 unspecified atom stereocenters. The number of hydrogen-bond acceptors (Lipinski definition) is 3. The normalized spacial score (nSPS) is 18.6.